The molecule has 22 heavy (non-hydrogen) atoms. The third-order valence-corrected chi connectivity index (χ3v) is 3.95. The van der Waals surface area contributed by atoms with Crippen LogP contribution in [0.4, 0.5) is 0 Å². The van der Waals surface area contributed by atoms with Crippen LogP contribution in [0.15, 0.2) is 58.1 Å². The standard InChI is InChI=1S/C17H15BrN2O2/c1-12-10-13(18)6-7-16(12)22-9-8-20-11-19-15-5-3-2-4-14(15)17(20)21/h2-7,10-11H,8-9H2,1H3. The molecule has 4 nitrogen and oxygen atoms in total. The number of halogens is 1. The maximum Gasteiger partial charge on any atom is 0.261 e. The predicted molar refractivity (Wildman–Crippen MR) is 90.4 cm³/mol. The van der Waals surface area contributed by atoms with Gasteiger partial charge in [0, 0.05) is 4.47 Å². The minimum absolute atomic E-state index is 0.0401. The zero-order chi connectivity index (χ0) is 15.5. The van der Waals surface area contributed by atoms with Gasteiger partial charge in [0.05, 0.1) is 23.8 Å². The van der Waals surface area contributed by atoms with E-state index in [1.807, 2.05) is 43.3 Å². The van der Waals surface area contributed by atoms with E-state index < -0.39 is 0 Å². The first-order valence-electron chi connectivity index (χ1n) is 6.98. The number of nitrogens with zero attached hydrogens (tertiary/aromatic N) is 2. The number of rotatable bonds is 4. The van der Waals surface area contributed by atoms with Crippen LogP contribution < -0.4 is 10.3 Å². The summed E-state index contributed by atoms with van der Waals surface area (Å²) in [5.41, 5.74) is 1.73. The van der Waals surface area contributed by atoms with Crippen LogP contribution in [0.25, 0.3) is 10.9 Å². The average Bonchev–Trinajstić information content (AvgIpc) is 2.52. The van der Waals surface area contributed by atoms with E-state index in [2.05, 4.69) is 20.9 Å². The Morgan fingerprint density at radius 2 is 2.05 bits per heavy atom. The molecule has 0 aliphatic carbocycles. The van der Waals surface area contributed by atoms with Gasteiger partial charge in [0.25, 0.3) is 5.56 Å². The molecule has 0 atom stereocenters. The molecular formula is C17H15BrN2O2. The van der Waals surface area contributed by atoms with Gasteiger partial charge in [-0.05, 0) is 42.8 Å². The zero-order valence-corrected chi connectivity index (χ0v) is 13.7. The van der Waals surface area contributed by atoms with E-state index in [4.69, 9.17) is 4.74 Å². The topological polar surface area (TPSA) is 44.1 Å². The highest BCUT2D eigenvalue weighted by molar-refractivity contribution is 9.10. The van der Waals surface area contributed by atoms with Crippen LogP contribution in [0, 0.1) is 6.92 Å². The van der Waals surface area contributed by atoms with Crippen LogP contribution in [0.3, 0.4) is 0 Å². The maximum atomic E-state index is 12.3. The highest BCUT2D eigenvalue weighted by Gasteiger charge is 2.04. The second kappa shape index (κ2) is 6.32. The van der Waals surface area contributed by atoms with E-state index in [1.54, 1.807) is 17.0 Å². The van der Waals surface area contributed by atoms with Gasteiger partial charge in [0.15, 0.2) is 0 Å². The van der Waals surface area contributed by atoms with Crippen LogP contribution in [-0.2, 0) is 6.54 Å². The highest BCUT2D eigenvalue weighted by atomic mass is 79.9. The van der Waals surface area contributed by atoms with Crippen LogP contribution in [0.5, 0.6) is 5.75 Å². The molecule has 0 aliphatic rings. The first kappa shape index (κ1) is 14.8. The fraction of sp³-hybridized carbons (Fsp3) is 0.176. The molecule has 1 aromatic heterocycles. The zero-order valence-electron chi connectivity index (χ0n) is 12.1. The molecule has 0 saturated heterocycles. The molecule has 0 amide bonds. The van der Waals surface area contributed by atoms with Crippen molar-refractivity contribution >= 4 is 26.8 Å². The van der Waals surface area contributed by atoms with Crippen molar-refractivity contribution in [2.75, 3.05) is 6.61 Å². The third kappa shape index (κ3) is 3.04. The van der Waals surface area contributed by atoms with Crippen molar-refractivity contribution in [3.05, 3.63) is 69.2 Å². The van der Waals surface area contributed by atoms with E-state index in [1.165, 1.54) is 0 Å². The number of fused-ring (bicyclic) bond motifs is 1. The smallest absolute Gasteiger partial charge is 0.261 e. The highest BCUT2D eigenvalue weighted by Crippen LogP contribution is 2.22. The summed E-state index contributed by atoms with van der Waals surface area (Å²) >= 11 is 3.42. The van der Waals surface area contributed by atoms with Crippen LogP contribution in [0.1, 0.15) is 5.56 Å². The number of para-hydroxylation sites is 1. The van der Waals surface area contributed by atoms with Crippen molar-refractivity contribution in [1.29, 1.82) is 0 Å². The normalized spacial score (nSPS) is 10.8. The summed E-state index contributed by atoms with van der Waals surface area (Å²) in [4.78, 5) is 16.6. The van der Waals surface area contributed by atoms with Gasteiger partial charge >= 0.3 is 0 Å². The Labute approximate surface area is 136 Å². The number of aromatic nitrogens is 2. The molecule has 0 bridgehead atoms. The largest absolute Gasteiger partial charge is 0.491 e. The Morgan fingerprint density at radius 3 is 2.86 bits per heavy atom. The molecule has 2 aromatic carbocycles. The number of hydrogen-bond donors (Lipinski definition) is 0. The second-order valence-electron chi connectivity index (χ2n) is 5.02. The third-order valence-electron chi connectivity index (χ3n) is 3.46. The van der Waals surface area contributed by atoms with Gasteiger partial charge in [-0.15, -0.1) is 0 Å². The number of benzene rings is 2. The summed E-state index contributed by atoms with van der Waals surface area (Å²) in [6.45, 7) is 2.87. The number of ether oxygens (including phenoxy) is 1. The van der Waals surface area contributed by atoms with Crippen molar-refractivity contribution in [3.8, 4) is 5.75 Å². The summed E-state index contributed by atoms with van der Waals surface area (Å²) < 4.78 is 8.35. The van der Waals surface area contributed by atoms with Gasteiger partial charge in [-0.3, -0.25) is 9.36 Å². The van der Waals surface area contributed by atoms with Crippen molar-refractivity contribution < 1.29 is 4.74 Å². The van der Waals surface area contributed by atoms with E-state index in [-0.39, 0.29) is 5.56 Å². The first-order chi connectivity index (χ1) is 10.6. The fourth-order valence-electron chi connectivity index (χ4n) is 2.29. The molecule has 0 radical (unpaired) electrons. The van der Waals surface area contributed by atoms with Crippen molar-refractivity contribution in [1.82, 2.24) is 9.55 Å². The summed E-state index contributed by atoms with van der Waals surface area (Å²) in [6, 6.07) is 13.2. The molecule has 0 unspecified atom stereocenters. The quantitative estimate of drug-likeness (QED) is 0.716. The molecular weight excluding hydrogens is 344 g/mol. The Bertz CT molecular complexity index is 874. The van der Waals surface area contributed by atoms with Gasteiger partial charge in [-0.1, -0.05) is 28.1 Å². The lowest BCUT2D eigenvalue weighted by Gasteiger charge is -2.11. The average molecular weight is 359 g/mol. The van der Waals surface area contributed by atoms with Gasteiger partial charge < -0.3 is 4.74 Å². The van der Waals surface area contributed by atoms with Crippen LogP contribution in [-0.4, -0.2) is 16.2 Å². The molecule has 0 saturated carbocycles. The Balaban J connectivity index is 1.74. The summed E-state index contributed by atoms with van der Waals surface area (Å²) in [7, 11) is 0. The van der Waals surface area contributed by atoms with E-state index in [0.717, 1.165) is 15.8 Å². The first-order valence-corrected chi connectivity index (χ1v) is 7.77. The van der Waals surface area contributed by atoms with Crippen molar-refractivity contribution in [2.24, 2.45) is 0 Å². The molecule has 1 heterocycles. The molecule has 3 aromatic rings. The van der Waals surface area contributed by atoms with Gasteiger partial charge in [0.2, 0.25) is 0 Å². The second-order valence-corrected chi connectivity index (χ2v) is 5.93. The van der Waals surface area contributed by atoms with E-state index >= 15 is 0 Å². The van der Waals surface area contributed by atoms with Gasteiger partial charge in [-0.2, -0.15) is 0 Å². The molecule has 112 valence electrons. The summed E-state index contributed by atoms with van der Waals surface area (Å²) in [5, 5.41) is 0.629. The minimum Gasteiger partial charge on any atom is -0.491 e. The summed E-state index contributed by atoms with van der Waals surface area (Å²) in [6.07, 6.45) is 1.57. The SMILES string of the molecule is Cc1cc(Br)ccc1OCCn1cnc2ccccc2c1=O. The van der Waals surface area contributed by atoms with Crippen LogP contribution >= 0.6 is 15.9 Å². The molecule has 3 rings (SSSR count). The Morgan fingerprint density at radius 1 is 1.23 bits per heavy atom. The van der Waals surface area contributed by atoms with Crippen molar-refractivity contribution in [3.63, 3.8) is 0 Å². The molecule has 0 aliphatic heterocycles. The van der Waals surface area contributed by atoms with Crippen LogP contribution in [0.2, 0.25) is 0 Å². The van der Waals surface area contributed by atoms with Gasteiger partial charge in [-0.25, -0.2) is 4.98 Å². The maximum absolute atomic E-state index is 12.3. The van der Waals surface area contributed by atoms with Crippen molar-refractivity contribution in [2.45, 2.75) is 13.5 Å². The molecule has 5 heteroatoms. The number of aryl methyl sites for hydroxylation is 1. The molecule has 0 N–H and O–H groups in total. The Kier molecular flexibility index (Phi) is 4.24. The lowest BCUT2D eigenvalue weighted by Crippen LogP contribution is -2.23. The Hall–Kier alpha value is -2.14. The summed E-state index contributed by atoms with van der Waals surface area (Å²) in [5.74, 6) is 0.824. The number of hydrogen-bond acceptors (Lipinski definition) is 3. The lowest BCUT2D eigenvalue weighted by molar-refractivity contribution is 0.294. The monoisotopic (exact) mass is 358 g/mol. The van der Waals surface area contributed by atoms with Gasteiger partial charge in [0.1, 0.15) is 12.4 Å². The molecule has 0 spiro atoms. The fourth-order valence-corrected chi connectivity index (χ4v) is 2.77. The van der Waals surface area contributed by atoms with E-state index in [0.29, 0.717) is 24.1 Å². The van der Waals surface area contributed by atoms with E-state index in [9.17, 15) is 4.79 Å². The molecule has 0 fully saturated rings. The predicted octanol–water partition coefficient (Wildman–Crippen LogP) is 3.55. The minimum atomic E-state index is -0.0401. The lowest BCUT2D eigenvalue weighted by atomic mass is 10.2.